The number of esters is 1. The third-order valence-electron chi connectivity index (χ3n) is 5.24. The molecule has 26 heavy (non-hydrogen) atoms. The monoisotopic (exact) mass is 354 g/mol. The highest BCUT2D eigenvalue weighted by molar-refractivity contribution is 5.87. The van der Waals surface area contributed by atoms with Crippen molar-refractivity contribution in [2.24, 2.45) is 5.92 Å². The Hall–Kier alpha value is -2.63. The van der Waals surface area contributed by atoms with Crippen molar-refractivity contribution < 1.29 is 18.8 Å². The summed E-state index contributed by atoms with van der Waals surface area (Å²) in [6.07, 6.45) is 4.69. The van der Waals surface area contributed by atoms with Crippen molar-refractivity contribution in [3.63, 3.8) is 0 Å². The maximum Gasteiger partial charge on any atom is 0.311 e. The van der Waals surface area contributed by atoms with Crippen LogP contribution in [0.3, 0.4) is 0 Å². The molecule has 6 nitrogen and oxygen atoms in total. The van der Waals surface area contributed by atoms with E-state index in [0.29, 0.717) is 24.0 Å². The van der Waals surface area contributed by atoms with Crippen LogP contribution < -0.4 is 0 Å². The highest BCUT2D eigenvalue weighted by atomic mass is 16.5. The van der Waals surface area contributed by atoms with Gasteiger partial charge < -0.3 is 14.2 Å². The molecule has 1 saturated heterocycles. The van der Waals surface area contributed by atoms with Crippen LogP contribution in [0.1, 0.15) is 37.8 Å². The molecule has 2 fully saturated rings. The minimum Gasteiger partial charge on any atom is -0.459 e. The Balaban J connectivity index is 1.32. The summed E-state index contributed by atoms with van der Waals surface area (Å²) in [6, 6.07) is 11.7. The average Bonchev–Trinajstić information content (AvgIpc) is 3.41. The highest BCUT2D eigenvalue weighted by Crippen LogP contribution is 2.30. The zero-order valence-corrected chi connectivity index (χ0v) is 14.6. The van der Waals surface area contributed by atoms with Crippen LogP contribution in [0.5, 0.6) is 0 Å². The van der Waals surface area contributed by atoms with Gasteiger partial charge in [-0.3, -0.25) is 9.59 Å². The number of hydrogen-bond acceptors (Lipinski definition) is 5. The van der Waals surface area contributed by atoms with E-state index in [-0.39, 0.29) is 30.8 Å². The molecule has 2 aliphatic rings. The predicted octanol–water partition coefficient (Wildman–Crippen LogP) is 3.18. The van der Waals surface area contributed by atoms with E-state index in [0.717, 1.165) is 18.4 Å². The van der Waals surface area contributed by atoms with Crippen molar-refractivity contribution >= 4 is 11.9 Å². The smallest absolute Gasteiger partial charge is 0.311 e. The van der Waals surface area contributed by atoms with Gasteiger partial charge in [0.25, 0.3) is 0 Å². The summed E-state index contributed by atoms with van der Waals surface area (Å²) in [5, 5.41) is 3.95. The largest absolute Gasteiger partial charge is 0.459 e. The average molecular weight is 354 g/mol. The summed E-state index contributed by atoms with van der Waals surface area (Å²) in [5.41, 5.74) is 1.49. The Bertz CT molecular complexity index is 780. The first-order valence-electron chi connectivity index (χ1n) is 9.18. The third-order valence-corrected chi connectivity index (χ3v) is 5.24. The Labute approximate surface area is 152 Å². The molecule has 0 N–H and O–H groups in total. The van der Waals surface area contributed by atoms with Crippen LogP contribution >= 0.6 is 0 Å². The lowest BCUT2D eigenvalue weighted by Gasteiger charge is -2.23. The Morgan fingerprint density at radius 2 is 2.00 bits per heavy atom. The van der Waals surface area contributed by atoms with Gasteiger partial charge in [-0.15, -0.1) is 0 Å². The van der Waals surface area contributed by atoms with Gasteiger partial charge in [0.15, 0.2) is 5.76 Å². The number of likely N-dealkylation sites (tertiary alicyclic amines) is 1. The van der Waals surface area contributed by atoms with Gasteiger partial charge in [-0.1, -0.05) is 48.3 Å². The van der Waals surface area contributed by atoms with Crippen molar-refractivity contribution in [3.05, 3.63) is 42.1 Å². The Morgan fingerprint density at radius 1 is 1.23 bits per heavy atom. The SMILES string of the molecule is O=C(OCc1cc(-c2ccccc2)on1)[C@@H]1CC(=O)N(C2CCCC2)C1. The zero-order chi connectivity index (χ0) is 17.9. The van der Waals surface area contributed by atoms with Crippen LogP contribution in [0.25, 0.3) is 11.3 Å². The molecule has 2 aromatic rings. The minimum absolute atomic E-state index is 0.0588. The van der Waals surface area contributed by atoms with Crippen LogP contribution in [-0.4, -0.2) is 34.5 Å². The Kier molecular flexibility index (Phi) is 4.73. The second-order valence-corrected chi connectivity index (χ2v) is 7.04. The van der Waals surface area contributed by atoms with Crippen LogP contribution in [0, 0.1) is 5.92 Å². The molecule has 0 bridgehead atoms. The molecule has 0 spiro atoms. The van der Waals surface area contributed by atoms with Gasteiger partial charge >= 0.3 is 5.97 Å². The molecular weight excluding hydrogens is 332 g/mol. The van der Waals surface area contributed by atoms with Crippen LogP contribution in [0.2, 0.25) is 0 Å². The molecular formula is C20H22N2O4. The molecule has 1 aromatic carbocycles. The molecule has 0 unspecified atom stereocenters. The van der Waals surface area contributed by atoms with E-state index in [1.165, 1.54) is 12.8 Å². The van der Waals surface area contributed by atoms with E-state index in [4.69, 9.17) is 9.26 Å². The molecule has 1 amide bonds. The lowest BCUT2D eigenvalue weighted by atomic mass is 10.1. The van der Waals surface area contributed by atoms with Gasteiger partial charge in [0, 0.05) is 30.6 Å². The lowest BCUT2D eigenvalue weighted by molar-refractivity contribution is -0.149. The highest BCUT2D eigenvalue weighted by Gasteiger charge is 2.39. The second kappa shape index (κ2) is 7.32. The molecule has 1 saturated carbocycles. The van der Waals surface area contributed by atoms with E-state index in [2.05, 4.69) is 5.16 Å². The fraction of sp³-hybridized carbons (Fsp3) is 0.450. The predicted molar refractivity (Wildman–Crippen MR) is 93.8 cm³/mol. The minimum atomic E-state index is -0.372. The molecule has 1 atom stereocenters. The van der Waals surface area contributed by atoms with Gasteiger partial charge in [0.05, 0.1) is 5.92 Å². The quantitative estimate of drug-likeness (QED) is 0.771. The first-order chi connectivity index (χ1) is 12.7. The maximum atomic E-state index is 12.3. The molecule has 1 aliphatic carbocycles. The zero-order valence-electron chi connectivity index (χ0n) is 14.6. The van der Waals surface area contributed by atoms with Crippen molar-refractivity contribution in [3.8, 4) is 11.3 Å². The van der Waals surface area contributed by atoms with Gasteiger partial charge in [0.1, 0.15) is 12.3 Å². The topological polar surface area (TPSA) is 72.6 Å². The van der Waals surface area contributed by atoms with E-state index >= 15 is 0 Å². The van der Waals surface area contributed by atoms with E-state index < -0.39 is 0 Å². The van der Waals surface area contributed by atoms with Crippen LogP contribution in [-0.2, 0) is 20.9 Å². The maximum absolute atomic E-state index is 12.3. The Morgan fingerprint density at radius 3 is 2.77 bits per heavy atom. The first-order valence-corrected chi connectivity index (χ1v) is 9.18. The number of carbonyl (C=O) groups is 2. The van der Waals surface area contributed by atoms with E-state index in [1.54, 1.807) is 6.07 Å². The fourth-order valence-electron chi connectivity index (χ4n) is 3.84. The van der Waals surface area contributed by atoms with Crippen LogP contribution in [0.4, 0.5) is 0 Å². The number of rotatable bonds is 5. The molecule has 6 heteroatoms. The number of carbonyl (C=O) groups excluding carboxylic acids is 2. The molecule has 0 radical (unpaired) electrons. The van der Waals surface area contributed by atoms with E-state index in [1.807, 2.05) is 35.2 Å². The van der Waals surface area contributed by atoms with Crippen LogP contribution in [0.15, 0.2) is 40.9 Å². The van der Waals surface area contributed by atoms with Gasteiger partial charge in [-0.25, -0.2) is 0 Å². The number of ether oxygens (including phenoxy) is 1. The summed E-state index contributed by atoms with van der Waals surface area (Å²) in [7, 11) is 0. The van der Waals surface area contributed by atoms with Gasteiger partial charge in [-0.05, 0) is 12.8 Å². The number of aromatic nitrogens is 1. The van der Waals surface area contributed by atoms with Crippen molar-refractivity contribution in [1.82, 2.24) is 10.1 Å². The summed E-state index contributed by atoms with van der Waals surface area (Å²) in [6.45, 7) is 0.541. The lowest BCUT2D eigenvalue weighted by Crippen LogP contribution is -2.35. The van der Waals surface area contributed by atoms with Gasteiger partial charge in [0.2, 0.25) is 5.91 Å². The second-order valence-electron chi connectivity index (χ2n) is 7.04. The molecule has 1 aliphatic heterocycles. The number of benzene rings is 1. The number of nitrogens with zero attached hydrogens (tertiary/aromatic N) is 2. The summed E-state index contributed by atoms with van der Waals surface area (Å²) in [4.78, 5) is 26.4. The standard InChI is InChI=1S/C20H22N2O4/c23-19-10-15(12-22(19)17-8-4-5-9-17)20(24)25-13-16-11-18(26-21-16)14-6-2-1-3-7-14/h1-3,6-7,11,15,17H,4-5,8-10,12-13H2/t15-/m1/s1. The number of hydrogen-bond donors (Lipinski definition) is 0. The molecule has 136 valence electrons. The molecule has 2 heterocycles. The third kappa shape index (κ3) is 3.49. The summed E-state index contributed by atoms with van der Waals surface area (Å²) in [5.74, 6) is 0.0125. The van der Waals surface area contributed by atoms with Crippen molar-refractivity contribution in [2.45, 2.75) is 44.8 Å². The van der Waals surface area contributed by atoms with Crippen molar-refractivity contribution in [2.75, 3.05) is 6.54 Å². The first kappa shape index (κ1) is 16.8. The summed E-state index contributed by atoms with van der Waals surface area (Å²) < 4.78 is 10.7. The van der Waals surface area contributed by atoms with Crippen molar-refractivity contribution in [1.29, 1.82) is 0 Å². The fourth-order valence-corrected chi connectivity index (χ4v) is 3.84. The normalized spacial score (nSPS) is 20.7. The molecule has 1 aromatic heterocycles. The van der Waals surface area contributed by atoms with E-state index in [9.17, 15) is 9.59 Å². The van der Waals surface area contributed by atoms with Gasteiger partial charge in [-0.2, -0.15) is 0 Å². The molecule has 4 rings (SSSR count). The summed E-state index contributed by atoms with van der Waals surface area (Å²) >= 11 is 0. The number of amides is 1.